The summed E-state index contributed by atoms with van der Waals surface area (Å²) in [6.07, 6.45) is 6.56. The van der Waals surface area contributed by atoms with Gasteiger partial charge in [-0.15, -0.1) is 0 Å². The number of carboxylic acid groups (broad SMARTS) is 1. The van der Waals surface area contributed by atoms with Crippen molar-refractivity contribution in [2.45, 2.75) is 64.4 Å². The third-order valence-corrected chi connectivity index (χ3v) is 2.32. The molecule has 0 amide bonds. The number of unbranched alkanes of at least 4 members (excludes halogenated alkanes) is 3. The van der Waals surface area contributed by atoms with Gasteiger partial charge in [0.1, 0.15) is 0 Å². The van der Waals surface area contributed by atoms with E-state index in [0.717, 1.165) is 12.8 Å². The van der Waals surface area contributed by atoms with Crippen molar-refractivity contribution in [3.05, 3.63) is 0 Å². The molecule has 0 heterocycles. The van der Waals surface area contributed by atoms with Gasteiger partial charge in [-0.05, 0) is 19.3 Å². The molecule has 0 aliphatic carbocycles. The third kappa shape index (κ3) is 9.52. The number of carboxylic acids is 1. The molecule has 0 aromatic carbocycles. The van der Waals surface area contributed by atoms with Crippen LogP contribution in [0.3, 0.4) is 0 Å². The van der Waals surface area contributed by atoms with Crippen molar-refractivity contribution < 1.29 is 15.0 Å². The minimum Gasteiger partial charge on any atom is -0.481 e. The number of carbonyl (C=O) groups is 1. The maximum Gasteiger partial charge on any atom is 0.303 e. The fourth-order valence-electron chi connectivity index (χ4n) is 1.44. The van der Waals surface area contributed by atoms with Crippen LogP contribution < -0.4 is 0 Å². The smallest absolute Gasteiger partial charge is 0.303 e. The molecule has 0 aliphatic rings. The number of aliphatic hydroxyl groups is 1. The molecule has 0 radical (unpaired) electrons. The monoisotopic (exact) mass is 202 g/mol. The zero-order valence-electron chi connectivity index (χ0n) is 9.04. The van der Waals surface area contributed by atoms with Gasteiger partial charge in [-0.25, -0.2) is 0 Å². The second kappa shape index (κ2) is 9.00. The van der Waals surface area contributed by atoms with Crippen molar-refractivity contribution in [1.82, 2.24) is 0 Å². The Kier molecular flexibility index (Phi) is 8.64. The molecule has 0 bridgehead atoms. The number of aliphatic carboxylic acids is 1. The molecule has 0 unspecified atom stereocenters. The lowest BCUT2D eigenvalue weighted by Crippen LogP contribution is -2.07. The van der Waals surface area contributed by atoms with Crippen LogP contribution in [0, 0.1) is 0 Å². The number of hydrogen-bond donors (Lipinski definition) is 2. The minimum absolute atomic E-state index is 0.173. The van der Waals surface area contributed by atoms with Gasteiger partial charge in [-0.3, -0.25) is 4.79 Å². The Hall–Kier alpha value is -0.570. The van der Waals surface area contributed by atoms with E-state index in [2.05, 4.69) is 6.92 Å². The summed E-state index contributed by atoms with van der Waals surface area (Å²) in [6, 6.07) is 0. The highest BCUT2D eigenvalue weighted by Gasteiger charge is 2.05. The van der Waals surface area contributed by atoms with E-state index >= 15 is 0 Å². The van der Waals surface area contributed by atoms with Gasteiger partial charge in [0.25, 0.3) is 0 Å². The average molecular weight is 202 g/mol. The van der Waals surface area contributed by atoms with Crippen LogP contribution in [0.25, 0.3) is 0 Å². The molecule has 3 heteroatoms. The van der Waals surface area contributed by atoms with Gasteiger partial charge >= 0.3 is 5.97 Å². The molecule has 0 aromatic heterocycles. The van der Waals surface area contributed by atoms with E-state index in [1.807, 2.05) is 0 Å². The lowest BCUT2D eigenvalue weighted by Gasteiger charge is -2.08. The molecule has 0 rings (SSSR count). The Morgan fingerprint density at radius 1 is 1.14 bits per heavy atom. The molecule has 0 aromatic rings. The Labute approximate surface area is 86.1 Å². The lowest BCUT2D eigenvalue weighted by atomic mass is 10.0. The van der Waals surface area contributed by atoms with Crippen LogP contribution >= 0.6 is 0 Å². The molecule has 1 atom stereocenters. The second-order valence-corrected chi connectivity index (χ2v) is 3.79. The first-order valence-electron chi connectivity index (χ1n) is 5.56. The van der Waals surface area contributed by atoms with Crippen molar-refractivity contribution in [3.8, 4) is 0 Å². The van der Waals surface area contributed by atoms with Crippen LogP contribution in [0.15, 0.2) is 0 Å². The van der Waals surface area contributed by atoms with Crippen LogP contribution in [0.2, 0.25) is 0 Å². The zero-order chi connectivity index (χ0) is 10.8. The van der Waals surface area contributed by atoms with E-state index < -0.39 is 5.97 Å². The van der Waals surface area contributed by atoms with Gasteiger partial charge in [0, 0.05) is 6.42 Å². The summed E-state index contributed by atoms with van der Waals surface area (Å²) < 4.78 is 0. The first-order chi connectivity index (χ1) is 6.66. The lowest BCUT2D eigenvalue weighted by molar-refractivity contribution is -0.137. The largest absolute Gasteiger partial charge is 0.481 e. The Morgan fingerprint density at radius 2 is 1.79 bits per heavy atom. The maximum atomic E-state index is 10.2. The van der Waals surface area contributed by atoms with E-state index in [1.165, 1.54) is 19.3 Å². The fraction of sp³-hybridized carbons (Fsp3) is 0.909. The van der Waals surface area contributed by atoms with Crippen LogP contribution in [0.5, 0.6) is 0 Å². The number of aliphatic hydroxyl groups excluding tert-OH is 1. The first-order valence-corrected chi connectivity index (χ1v) is 5.56. The maximum absolute atomic E-state index is 10.2. The summed E-state index contributed by atoms with van der Waals surface area (Å²) in [5.74, 6) is -0.775. The normalized spacial score (nSPS) is 12.7. The highest BCUT2D eigenvalue weighted by atomic mass is 16.4. The van der Waals surface area contributed by atoms with Gasteiger partial charge in [-0.1, -0.05) is 32.6 Å². The van der Waals surface area contributed by atoms with Crippen LogP contribution in [-0.2, 0) is 4.79 Å². The molecule has 0 aliphatic heterocycles. The average Bonchev–Trinajstić information content (AvgIpc) is 2.12. The third-order valence-electron chi connectivity index (χ3n) is 2.32. The summed E-state index contributed by atoms with van der Waals surface area (Å²) in [7, 11) is 0. The Morgan fingerprint density at radius 3 is 2.36 bits per heavy atom. The predicted octanol–water partition coefficient (Wildman–Crippen LogP) is 2.57. The minimum atomic E-state index is -0.775. The first kappa shape index (κ1) is 13.4. The van der Waals surface area contributed by atoms with Crippen LogP contribution in [0.4, 0.5) is 0 Å². The summed E-state index contributed by atoms with van der Waals surface area (Å²) in [5.41, 5.74) is 0. The van der Waals surface area contributed by atoms with E-state index in [1.54, 1.807) is 0 Å². The van der Waals surface area contributed by atoms with Crippen LogP contribution in [0.1, 0.15) is 58.3 Å². The molecular weight excluding hydrogens is 180 g/mol. The van der Waals surface area contributed by atoms with Gasteiger partial charge in [0.15, 0.2) is 0 Å². The summed E-state index contributed by atoms with van der Waals surface area (Å²) in [6.45, 7) is 2.16. The highest BCUT2D eigenvalue weighted by Crippen LogP contribution is 2.10. The molecule has 0 fully saturated rings. The summed E-state index contributed by atoms with van der Waals surface area (Å²) >= 11 is 0. The van der Waals surface area contributed by atoms with Gasteiger partial charge in [-0.2, -0.15) is 0 Å². The fourth-order valence-corrected chi connectivity index (χ4v) is 1.44. The predicted molar refractivity (Wildman–Crippen MR) is 56.3 cm³/mol. The van der Waals surface area contributed by atoms with Crippen molar-refractivity contribution >= 4 is 5.97 Å². The van der Waals surface area contributed by atoms with Crippen molar-refractivity contribution in [1.29, 1.82) is 0 Å². The number of hydrogen-bond acceptors (Lipinski definition) is 2. The van der Waals surface area contributed by atoms with Gasteiger partial charge < -0.3 is 10.2 Å². The van der Waals surface area contributed by atoms with Crippen molar-refractivity contribution in [2.24, 2.45) is 0 Å². The summed E-state index contributed by atoms with van der Waals surface area (Å²) in [5, 5.41) is 17.9. The molecule has 84 valence electrons. The quantitative estimate of drug-likeness (QED) is 0.565. The van der Waals surface area contributed by atoms with Crippen LogP contribution in [-0.4, -0.2) is 22.3 Å². The molecule has 0 saturated carbocycles. The van der Waals surface area contributed by atoms with Gasteiger partial charge in [0.05, 0.1) is 6.10 Å². The van der Waals surface area contributed by atoms with E-state index in [-0.39, 0.29) is 12.5 Å². The Balaban J connectivity index is 3.19. The Bertz CT molecular complexity index is 145. The van der Waals surface area contributed by atoms with Crippen molar-refractivity contribution in [3.63, 3.8) is 0 Å². The summed E-state index contributed by atoms with van der Waals surface area (Å²) in [4.78, 5) is 10.2. The molecule has 14 heavy (non-hydrogen) atoms. The topological polar surface area (TPSA) is 57.5 Å². The molecule has 2 N–H and O–H groups in total. The molecule has 3 nitrogen and oxygen atoms in total. The number of rotatable bonds is 9. The van der Waals surface area contributed by atoms with E-state index in [9.17, 15) is 9.90 Å². The van der Waals surface area contributed by atoms with Crippen molar-refractivity contribution in [2.75, 3.05) is 0 Å². The van der Waals surface area contributed by atoms with E-state index in [4.69, 9.17) is 5.11 Å². The molecule has 0 saturated heterocycles. The van der Waals surface area contributed by atoms with E-state index in [0.29, 0.717) is 12.8 Å². The SMILES string of the molecule is CCCCCC[C@H](O)CCCC(=O)O. The molecular formula is C11H22O3. The van der Waals surface area contributed by atoms with Gasteiger partial charge in [0.2, 0.25) is 0 Å². The zero-order valence-corrected chi connectivity index (χ0v) is 9.04. The standard InChI is InChI=1S/C11H22O3/c1-2-3-4-5-7-10(12)8-6-9-11(13)14/h10,12H,2-9H2,1H3,(H,13,14)/t10-/m0/s1. The second-order valence-electron chi connectivity index (χ2n) is 3.79. The highest BCUT2D eigenvalue weighted by molar-refractivity contribution is 5.66. The molecule has 0 spiro atoms.